The summed E-state index contributed by atoms with van der Waals surface area (Å²) in [5.74, 6) is 0.382. The third kappa shape index (κ3) is 2.78. The molecule has 3 nitrogen and oxygen atoms in total. The maximum absolute atomic E-state index is 12.8. The van der Waals surface area contributed by atoms with Gasteiger partial charge in [0.25, 0.3) is 5.56 Å². The Bertz CT molecular complexity index is 915. The third-order valence-electron chi connectivity index (χ3n) is 5.40. The van der Waals surface area contributed by atoms with Crippen LogP contribution in [0.15, 0.2) is 89.9 Å². The van der Waals surface area contributed by atoms with Gasteiger partial charge in [0.2, 0.25) is 0 Å². The second-order valence-corrected chi connectivity index (χ2v) is 6.90. The Morgan fingerprint density at radius 2 is 1.54 bits per heavy atom. The molecule has 3 aromatic rings. The van der Waals surface area contributed by atoms with Crippen molar-refractivity contribution in [3.63, 3.8) is 0 Å². The summed E-state index contributed by atoms with van der Waals surface area (Å²) in [6.07, 6.45) is 4.08. The maximum atomic E-state index is 12.8. The molecule has 0 N–H and O–H groups in total. The molecule has 2 aromatic carbocycles. The predicted octanol–water partition coefficient (Wildman–Crippen LogP) is 4.39. The molecule has 1 aromatic heterocycles. The van der Waals surface area contributed by atoms with Crippen molar-refractivity contribution in [2.45, 2.75) is 24.5 Å². The monoisotopic (exact) mass is 345 g/mol. The summed E-state index contributed by atoms with van der Waals surface area (Å²) < 4.78 is 8.14. The summed E-state index contributed by atoms with van der Waals surface area (Å²) in [6, 6.07) is 25.7. The van der Waals surface area contributed by atoms with E-state index in [4.69, 9.17) is 4.74 Å². The molecule has 2 unspecified atom stereocenters. The molecule has 26 heavy (non-hydrogen) atoms. The Morgan fingerprint density at radius 1 is 0.923 bits per heavy atom. The van der Waals surface area contributed by atoms with Crippen LogP contribution in [0.5, 0.6) is 0 Å². The van der Waals surface area contributed by atoms with Crippen LogP contribution in [-0.2, 0) is 10.3 Å². The van der Waals surface area contributed by atoms with Gasteiger partial charge < -0.3 is 9.30 Å². The number of pyridine rings is 1. The number of nitrogens with zero attached hydrogens (tertiary/aromatic N) is 1. The number of benzene rings is 2. The molecule has 1 aliphatic rings. The fourth-order valence-corrected chi connectivity index (χ4v) is 4.13. The van der Waals surface area contributed by atoms with Crippen LogP contribution < -0.4 is 5.56 Å². The second kappa shape index (κ2) is 6.93. The molecule has 0 saturated heterocycles. The highest BCUT2D eigenvalue weighted by Crippen LogP contribution is 2.55. The van der Waals surface area contributed by atoms with Gasteiger partial charge in [-0.15, -0.1) is 0 Å². The average Bonchev–Trinajstić information content (AvgIpc) is 3.54. The molecule has 132 valence electrons. The first kappa shape index (κ1) is 16.8. The molecule has 4 rings (SSSR count). The summed E-state index contributed by atoms with van der Waals surface area (Å²) in [6.45, 7) is 0. The van der Waals surface area contributed by atoms with Crippen LogP contribution in [0.25, 0.3) is 0 Å². The minimum Gasteiger partial charge on any atom is -0.371 e. The van der Waals surface area contributed by atoms with Gasteiger partial charge in [-0.1, -0.05) is 66.7 Å². The summed E-state index contributed by atoms with van der Waals surface area (Å²) in [5, 5.41) is 0. The lowest BCUT2D eigenvalue weighted by atomic mass is 9.78. The van der Waals surface area contributed by atoms with Gasteiger partial charge in [-0.3, -0.25) is 4.79 Å². The summed E-state index contributed by atoms with van der Waals surface area (Å²) in [5.41, 5.74) is 1.61. The molecule has 1 aliphatic carbocycles. The van der Waals surface area contributed by atoms with Crippen LogP contribution in [0, 0.1) is 5.92 Å². The first-order valence-electron chi connectivity index (χ1n) is 9.10. The Labute approximate surface area is 153 Å². The first-order valence-corrected chi connectivity index (χ1v) is 9.10. The van der Waals surface area contributed by atoms with Crippen molar-refractivity contribution in [1.29, 1.82) is 0 Å². The molecule has 0 spiro atoms. The lowest BCUT2D eigenvalue weighted by Gasteiger charge is -2.42. The zero-order valence-corrected chi connectivity index (χ0v) is 14.9. The van der Waals surface area contributed by atoms with Gasteiger partial charge in [-0.05, 0) is 36.0 Å². The topological polar surface area (TPSA) is 31.2 Å². The molecule has 1 heterocycles. The summed E-state index contributed by atoms with van der Waals surface area (Å²) >= 11 is 0. The molecule has 0 radical (unpaired) electrons. The molecule has 3 heteroatoms. The standard InChI is InChI=1S/C23H23NO2/c1-26-23(20-15-16-20,19-12-6-3-7-13-19)22(18-10-4-2-5-11-18)24-17-9-8-14-21(24)25/h2-14,17,20,22H,15-16H2,1H3. The number of aromatic nitrogens is 1. The SMILES string of the molecule is COC(c1ccccc1)(C1CC1)C(c1ccccc1)n1ccccc1=O. The highest BCUT2D eigenvalue weighted by Gasteiger charge is 2.53. The summed E-state index contributed by atoms with van der Waals surface area (Å²) in [7, 11) is 1.77. The molecular weight excluding hydrogens is 322 g/mol. The van der Waals surface area contributed by atoms with E-state index >= 15 is 0 Å². The zero-order chi connectivity index (χ0) is 18.0. The van der Waals surface area contributed by atoms with Crippen LogP contribution in [0.4, 0.5) is 0 Å². The van der Waals surface area contributed by atoms with E-state index in [1.807, 2.05) is 53.2 Å². The van der Waals surface area contributed by atoms with Crippen LogP contribution in [0.3, 0.4) is 0 Å². The highest BCUT2D eigenvalue weighted by molar-refractivity contribution is 5.34. The van der Waals surface area contributed by atoms with E-state index in [-0.39, 0.29) is 11.6 Å². The van der Waals surface area contributed by atoms with Gasteiger partial charge in [0.1, 0.15) is 5.60 Å². The van der Waals surface area contributed by atoms with E-state index < -0.39 is 5.60 Å². The van der Waals surface area contributed by atoms with Crippen LogP contribution in [-0.4, -0.2) is 11.7 Å². The quantitative estimate of drug-likeness (QED) is 0.663. The maximum Gasteiger partial charge on any atom is 0.251 e. The lowest BCUT2D eigenvalue weighted by molar-refractivity contribution is -0.0669. The molecule has 1 fully saturated rings. The molecule has 0 bridgehead atoms. The fourth-order valence-electron chi connectivity index (χ4n) is 4.13. The van der Waals surface area contributed by atoms with Gasteiger partial charge in [-0.2, -0.15) is 0 Å². The first-order chi connectivity index (χ1) is 12.8. The molecule has 1 saturated carbocycles. The lowest BCUT2D eigenvalue weighted by Crippen LogP contribution is -2.44. The van der Waals surface area contributed by atoms with Crippen LogP contribution in [0.2, 0.25) is 0 Å². The highest BCUT2D eigenvalue weighted by atomic mass is 16.5. The smallest absolute Gasteiger partial charge is 0.251 e. The number of ether oxygens (including phenoxy) is 1. The minimum absolute atomic E-state index is 0.0145. The van der Waals surface area contributed by atoms with Crippen molar-refractivity contribution in [2.75, 3.05) is 7.11 Å². The summed E-state index contributed by atoms with van der Waals surface area (Å²) in [4.78, 5) is 12.8. The second-order valence-electron chi connectivity index (χ2n) is 6.90. The minimum atomic E-state index is -0.576. The largest absolute Gasteiger partial charge is 0.371 e. The third-order valence-corrected chi connectivity index (χ3v) is 5.40. The number of hydrogen-bond donors (Lipinski definition) is 0. The van der Waals surface area contributed by atoms with Gasteiger partial charge in [0.05, 0.1) is 6.04 Å². The van der Waals surface area contributed by atoms with Crippen molar-refractivity contribution >= 4 is 0 Å². The van der Waals surface area contributed by atoms with E-state index in [0.717, 1.165) is 24.0 Å². The van der Waals surface area contributed by atoms with E-state index in [0.29, 0.717) is 5.92 Å². The molecule has 2 atom stereocenters. The van der Waals surface area contributed by atoms with Gasteiger partial charge in [0, 0.05) is 19.4 Å². The van der Waals surface area contributed by atoms with Crippen molar-refractivity contribution in [3.8, 4) is 0 Å². The fraction of sp³-hybridized carbons (Fsp3) is 0.261. The normalized spacial score (nSPS) is 17.4. The number of hydrogen-bond acceptors (Lipinski definition) is 2. The van der Waals surface area contributed by atoms with E-state index in [1.165, 1.54) is 0 Å². The molecule has 0 amide bonds. The molecular formula is C23H23NO2. The number of methoxy groups -OCH3 is 1. The Hall–Kier alpha value is -2.65. The predicted molar refractivity (Wildman–Crippen MR) is 103 cm³/mol. The Kier molecular flexibility index (Phi) is 4.48. The molecule has 0 aliphatic heterocycles. The Morgan fingerprint density at radius 3 is 2.12 bits per heavy atom. The van der Waals surface area contributed by atoms with Crippen LogP contribution >= 0.6 is 0 Å². The zero-order valence-electron chi connectivity index (χ0n) is 14.9. The van der Waals surface area contributed by atoms with Crippen molar-refractivity contribution in [3.05, 3.63) is 107 Å². The van der Waals surface area contributed by atoms with Crippen LogP contribution in [0.1, 0.15) is 30.0 Å². The number of rotatable bonds is 6. The van der Waals surface area contributed by atoms with Crippen molar-refractivity contribution in [1.82, 2.24) is 4.57 Å². The van der Waals surface area contributed by atoms with Crippen molar-refractivity contribution in [2.24, 2.45) is 5.92 Å². The van der Waals surface area contributed by atoms with E-state index in [2.05, 4.69) is 24.3 Å². The van der Waals surface area contributed by atoms with Gasteiger partial charge >= 0.3 is 0 Å². The van der Waals surface area contributed by atoms with E-state index in [1.54, 1.807) is 19.2 Å². The Balaban J connectivity index is 2.00. The van der Waals surface area contributed by atoms with Gasteiger partial charge in [-0.25, -0.2) is 0 Å². The van der Waals surface area contributed by atoms with Gasteiger partial charge in [0.15, 0.2) is 0 Å². The van der Waals surface area contributed by atoms with E-state index in [9.17, 15) is 4.79 Å². The van der Waals surface area contributed by atoms with Crippen molar-refractivity contribution < 1.29 is 4.74 Å². The average molecular weight is 345 g/mol.